The van der Waals surface area contributed by atoms with Gasteiger partial charge >= 0.3 is 6.03 Å². The summed E-state index contributed by atoms with van der Waals surface area (Å²) in [7, 11) is 0. The molecule has 0 aliphatic rings. The molecule has 0 bridgehead atoms. The van der Waals surface area contributed by atoms with E-state index in [9.17, 15) is 4.79 Å². The number of para-hydroxylation sites is 1. The van der Waals surface area contributed by atoms with Crippen LogP contribution in [0.2, 0.25) is 0 Å². The zero-order chi connectivity index (χ0) is 11.4. The summed E-state index contributed by atoms with van der Waals surface area (Å²) in [5, 5.41) is 6.39. The smallest absolute Gasteiger partial charge is 0.308 e. The Morgan fingerprint density at radius 3 is 2.44 bits per heavy atom. The van der Waals surface area contributed by atoms with Crippen LogP contribution in [0.5, 0.6) is 0 Å². The molecular weight excluding hydrogens is 220 g/mol. The molecule has 1 aromatic heterocycles. The summed E-state index contributed by atoms with van der Waals surface area (Å²) < 4.78 is 0. The number of carbonyl (C=O) groups is 1. The summed E-state index contributed by atoms with van der Waals surface area (Å²) in [5.41, 5.74) is 0.785. The van der Waals surface area contributed by atoms with Crippen LogP contribution in [0.4, 0.5) is 15.5 Å². The van der Waals surface area contributed by atoms with Gasteiger partial charge in [-0.1, -0.05) is 18.2 Å². The van der Waals surface area contributed by atoms with E-state index in [-0.39, 0.29) is 6.03 Å². The Labute approximate surface area is 98.1 Å². The van der Waals surface area contributed by atoms with Gasteiger partial charge in [0.2, 0.25) is 0 Å². The van der Waals surface area contributed by atoms with Crippen molar-refractivity contribution >= 4 is 28.1 Å². The van der Waals surface area contributed by atoms with Crippen LogP contribution < -0.4 is 10.6 Å². The number of nitrogens with one attached hydrogen (secondary N) is 2. The lowest BCUT2D eigenvalue weighted by Gasteiger charge is -2.05. The third-order valence-electron chi connectivity index (χ3n) is 2.01. The first-order chi connectivity index (χ1) is 7.74. The first-order valence-electron chi connectivity index (χ1n) is 4.93. The van der Waals surface area contributed by atoms with Crippen molar-refractivity contribution in [2.75, 3.05) is 10.6 Å². The normalized spacial score (nSPS) is 9.81. The van der Waals surface area contributed by atoms with E-state index < -0.39 is 0 Å². The third-order valence-corrected chi connectivity index (χ3v) is 2.92. The van der Waals surface area contributed by atoms with Gasteiger partial charge in [0.25, 0.3) is 0 Å². The standard InChI is InChI=1S/C12H12N2OS/c1-9-7-8-11(16-9)14-12(15)13-10-5-3-2-4-6-10/h2-8H,1H3,(H2,13,14,15). The molecule has 2 aromatic rings. The molecule has 2 amide bonds. The SMILES string of the molecule is Cc1ccc(NC(=O)Nc2ccccc2)s1. The Balaban J connectivity index is 1.95. The summed E-state index contributed by atoms with van der Waals surface area (Å²) in [6.45, 7) is 2.00. The Kier molecular flexibility index (Phi) is 3.22. The van der Waals surface area contributed by atoms with Crippen LogP contribution in [0.1, 0.15) is 4.88 Å². The Bertz CT molecular complexity index is 479. The van der Waals surface area contributed by atoms with E-state index in [0.29, 0.717) is 0 Å². The lowest BCUT2D eigenvalue weighted by Crippen LogP contribution is -2.18. The predicted octanol–water partition coefficient (Wildman–Crippen LogP) is 3.70. The van der Waals surface area contributed by atoms with Crippen molar-refractivity contribution in [3.63, 3.8) is 0 Å². The van der Waals surface area contributed by atoms with E-state index in [1.54, 1.807) is 11.3 Å². The fourth-order valence-electron chi connectivity index (χ4n) is 1.30. The highest BCUT2D eigenvalue weighted by molar-refractivity contribution is 7.16. The van der Waals surface area contributed by atoms with Crippen molar-refractivity contribution < 1.29 is 4.79 Å². The van der Waals surface area contributed by atoms with E-state index in [2.05, 4.69) is 10.6 Å². The van der Waals surface area contributed by atoms with E-state index in [0.717, 1.165) is 10.7 Å². The zero-order valence-electron chi connectivity index (χ0n) is 8.86. The maximum atomic E-state index is 11.6. The molecule has 16 heavy (non-hydrogen) atoms. The second kappa shape index (κ2) is 4.81. The van der Waals surface area contributed by atoms with Crippen LogP contribution >= 0.6 is 11.3 Å². The Morgan fingerprint density at radius 1 is 1.06 bits per heavy atom. The number of benzene rings is 1. The molecule has 0 atom stereocenters. The minimum atomic E-state index is -0.215. The number of carbonyl (C=O) groups excluding carboxylic acids is 1. The van der Waals surface area contributed by atoms with Gasteiger partial charge in [0.1, 0.15) is 0 Å². The van der Waals surface area contributed by atoms with Crippen LogP contribution in [0, 0.1) is 6.92 Å². The predicted molar refractivity (Wildman–Crippen MR) is 68.1 cm³/mol. The van der Waals surface area contributed by atoms with E-state index in [4.69, 9.17) is 0 Å². The van der Waals surface area contributed by atoms with Crippen LogP contribution in [-0.2, 0) is 0 Å². The number of hydrogen-bond donors (Lipinski definition) is 2. The second-order valence-corrected chi connectivity index (χ2v) is 4.64. The maximum absolute atomic E-state index is 11.6. The quantitative estimate of drug-likeness (QED) is 0.814. The molecule has 0 radical (unpaired) electrons. The van der Waals surface area contributed by atoms with Crippen LogP contribution in [-0.4, -0.2) is 6.03 Å². The number of rotatable bonds is 2. The summed E-state index contributed by atoms with van der Waals surface area (Å²) >= 11 is 1.55. The fraction of sp³-hybridized carbons (Fsp3) is 0.0833. The number of aryl methyl sites for hydroxylation is 1. The fourth-order valence-corrected chi connectivity index (χ4v) is 2.06. The minimum Gasteiger partial charge on any atom is -0.308 e. The molecule has 0 spiro atoms. The van der Waals surface area contributed by atoms with Gasteiger partial charge < -0.3 is 5.32 Å². The van der Waals surface area contributed by atoms with Crippen molar-refractivity contribution in [3.05, 3.63) is 47.3 Å². The molecule has 4 heteroatoms. The van der Waals surface area contributed by atoms with Crippen LogP contribution in [0.15, 0.2) is 42.5 Å². The molecule has 0 saturated heterocycles. The molecule has 0 fully saturated rings. The van der Waals surface area contributed by atoms with Gasteiger partial charge in [-0.05, 0) is 31.2 Å². The average Bonchev–Trinajstić information content (AvgIpc) is 2.65. The van der Waals surface area contributed by atoms with Crippen molar-refractivity contribution in [3.8, 4) is 0 Å². The highest BCUT2D eigenvalue weighted by Gasteiger charge is 2.03. The summed E-state index contributed by atoms with van der Waals surface area (Å²) in [6, 6.07) is 13.0. The molecular formula is C12H12N2OS. The van der Waals surface area contributed by atoms with E-state index in [1.165, 1.54) is 4.88 Å². The van der Waals surface area contributed by atoms with E-state index in [1.807, 2.05) is 49.4 Å². The number of amides is 2. The Hall–Kier alpha value is -1.81. The molecule has 1 aromatic carbocycles. The lowest BCUT2D eigenvalue weighted by atomic mass is 10.3. The first-order valence-corrected chi connectivity index (χ1v) is 5.75. The molecule has 0 aliphatic carbocycles. The number of anilines is 2. The van der Waals surface area contributed by atoms with E-state index >= 15 is 0 Å². The Morgan fingerprint density at radius 2 is 1.81 bits per heavy atom. The zero-order valence-corrected chi connectivity index (χ0v) is 9.67. The second-order valence-electron chi connectivity index (χ2n) is 3.36. The lowest BCUT2D eigenvalue weighted by molar-refractivity contribution is 0.262. The minimum absolute atomic E-state index is 0.215. The molecule has 0 unspecified atom stereocenters. The molecule has 3 nitrogen and oxygen atoms in total. The highest BCUT2D eigenvalue weighted by atomic mass is 32.1. The molecule has 1 heterocycles. The molecule has 2 rings (SSSR count). The van der Waals surface area contributed by atoms with Gasteiger partial charge in [0.15, 0.2) is 0 Å². The molecule has 0 saturated carbocycles. The average molecular weight is 232 g/mol. The van der Waals surface area contributed by atoms with Gasteiger partial charge in [-0.2, -0.15) is 0 Å². The van der Waals surface area contributed by atoms with Gasteiger partial charge in [0, 0.05) is 10.6 Å². The largest absolute Gasteiger partial charge is 0.324 e. The van der Waals surface area contributed by atoms with Gasteiger partial charge in [-0.3, -0.25) is 5.32 Å². The van der Waals surface area contributed by atoms with Crippen LogP contribution in [0.25, 0.3) is 0 Å². The van der Waals surface area contributed by atoms with Gasteiger partial charge in [-0.25, -0.2) is 4.79 Å². The molecule has 2 N–H and O–H groups in total. The number of hydrogen-bond acceptors (Lipinski definition) is 2. The summed E-state index contributed by atoms with van der Waals surface area (Å²) in [5.74, 6) is 0. The summed E-state index contributed by atoms with van der Waals surface area (Å²) in [4.78, 5) is 12.8. The number of thiophene rings is 1. The van der Waals surface area contributed by atoms with Gasteiger partial charge in [0.05, 0.1) is 5.00 Å². The topological polar surface area (TPSA) is 41.1 Å². The maximum Gasteiger partial charge on any atom is 0.324 e. The van der Waals surface area contributed by atoms with Crippen molar-refractivity contribution in [1.82, 2.24) is 0 Å². The van der Waals surface area contributed by atoms with Crippen LogP contribution in [0.3, 0.4) is 0 Å². The summed E-state index contributed by atoms with van der Waals surface area (Å²) in [6.07, 6.45) is 0. The third kappa shape index (κ3) is 2.84. The number of urea groups is 1. The van der Waals surface area contributed by atoms with Gasteiger partial charge in [-0.15, -0.1) is 11.3 Å². The highest BCUT2D eigenvalue weighted by Crippen LogP contribution is 2.20. The molecule has 0 aliphatic heterocycles. The van der Waals surface area contributed by atoms with Crippen molar-refractivity contribution in [2.24, 2.45) is 0 Å². The van der Waals surface area contributed by atoms with Crippen molar-refractivity contribution in [2.45, 2.75) is 6.92 Å². The molecule has 82 valence electrons. The first kappa shape index (κ1) is 10.7. The monoisotopic (exact) mass is 232 g/mol. The van der Waals surface area contributed by atoms with Crippen molar-refractivity contribution in [1.29, 1.82) is 0 Å².